The minimum atomic E-state index is -4.13. The van der Waals surface area contributed by atoms with Gasteiger partial charge >= 0.3 is 41.8 Å². The van der Waals surface area contributed by atoms with Gasteiger partial charge in [0.1, 0.15) is 5.75 Å². The summed E-state index contributed by atoms with van der Waals surface area (Å²) in [5.74, 6) is -1.11. The molecule has 1 N–H and O–H groups in total. The van der Waals surface area contributed by atoms with Crippen LogP contribution >= 0.6 is 18.6 Å². The molecule has 23 heavy (non-hydrogen) atoms. The number of alkyl halides is 3. The fourth-order valence-corrected chi connectivity index (χ4v) is 2.57. The summed E-state index contributed by atoms with van der Waals surface area (Å²) >= 11 is -0.556. The van der Waals surface area contributed by atoms with Crippen LogP contribution < -0.4 is 0 Å². The van der Waals surface area contributed by atoms with Crippen molar-refractivity contribution < 1.29 is 35.3 Å². The number of phenols is 1. The zero-order valence-electron chi connectivity index (χ0n) is 12.6. The van der Waals surface area contributed by atoms with Gasteiger partial charge in [0.15, 0.2) is 0 Å². The summed E-state index contributed by atoms with van der Waals surface area (Å²) in [5, 5.41) is 9.84. The van der Waals surface area contributed by atoms with Crippen LogP contribution in [0.15, 0.2) is 23.2 Å². The van der Waals surface area contributed by atoms with Gasteiger partial charge in [0.05, 0.1) is 12.0 Å². The van der Waals surface area contributed by atoms with E-state index in [1.54, 1.807) is 25.1 Å². The third-order valence-electron chi connectivity index (χ3n) is 3.80. The Morgan fingerprint density at radius 2 is 1.96 bits per heavy atom. The van der Waals surface area contributed by atoms with Crippen LogP contribution in [0.5, 0.6) is 5.75 Å². The molecule has 1 aromatic carbocycles. The van der Waals surface area contributed by atoms with Gasteiger partial charge in [0.2, 0.25) is 0 Å². The summed E-state index contributed by atoms with van der Waals surface area (Å²) < 4.78 is 38.1. The third kappa shape index (κ3) is 7.04. The van der Waals surface area contributed by atoms with Gasteiger partial charge < -0.3 is 5.11 Å². The van der Waals surface area contributed by atoms with E-state index in [9.17, 15) is 18.3 Å². The van der Waals surface area contributed by atoms with E-state index >= 15 is 0 Å². The Morgan fingerprint density at radius 3 is 2.57 bits per heavy atom. The van der Waals surface area contributed by atoms with E-state index in [2.05, 4.69) is 4.99 Å². The number of benzene rings is 1. The molecule has 2 nitrogen and oxygen atoms in total. The van der Waals surface area contributed by atoms with Crippen LogP contribution in [0.2, 0.25) is 0 Å². The molecule has 0 radical (unpaired) electrons. The van der Waals surface area contributed by atoms with Crippen molar-refractivity contribution in [3.63, 3.8) is 0 Å². The second-order valence-electron chi connectivity index (χ2n) is 5.42. The van der Waals surface area contributed by atoms with Crippen molar-refractivity contribution in [2.75, 3.05) is 0 Å². The number of hydrogen-bond donors (Lipinski definition) is 1. The van der Waals surface area contributed by atoms with Crippen molar-refractivity contribution in [3.8, 4) is 5.75 Å². The van der Waals surface area contributed by atoms with Crippen molar-refractivity contribution in [1.82, 2.24) is 0 Å². The van der Waals surface area contributed by atoms with Gasteiger partial charge in [0, 0.05) is 11.8 Å². The average molecular weight is 404 g/mol. The van der Waals surface area contributed by atoms with E-state index in [0.29, 0.717) is 18.4 Å². The maximum absolute atomic E-state index is 12.7. The molecule has 2 unspecified atom stereocenters. The van der Waals surface area contributed by atoms with E-state index in [1.807, 2.05) is 0 Å². The van der Waals surface area contributed by atoms with Crippen LogP contribution in [0.25, 0.3) is 0 Å². The van der Waals surface area contributed by atoms with Crippen LogP contribution in [0.3, 0.4) is 0 Å². The first-order chi connectivity index (χ1) is 10.8. The van der Waals surface area contributed by atoms with Gasteiger partial charge in [-0.15, -0.1) is 0 Å². The number of halogens is 5. The number of nitrogens with zero attached hydrogens (tertiary/aromatic N) is 1. The fourth-order valence-electron chi connectivity index (χ4n) is 2.57. The zero-order valence-corrected chi connectivity index (χ0v) is 15.7. The first-order valence-electron chi connectivity index (χ1n) is 7.14. The number of aliphatic imine (C=N–C) groups is 1. The molecule has 1 aliphatic rings. The number of rotatable bonds is 2. The Labute approximate surface area is 150 Å². The molecule has 8 heteroatoms. The molecule has 1 saturated carbocycles. The quantitative estimate of drug-likeness (QED) is 0.504. The Hall–Kier alpha value is -0.226. The van der Waals surface area contributed by atoms with Gasteiger partial charge in [0.25, 0.3) is 0 Å². The predicted molar refractivity (Wildman–Crippen MR) is 83.9 cm³/mol. The molecule has 128 valence electrons. The Balaban J connectivity index is 0.000000816. The van der Waals surface area contributed by atoms with Gasteiger partial charge in [-0.3, -0.25) is 4.99 Å². The normalized spacial score (nSPS) is 21.7. The van der Waals surface area contributed by atoms with Gasteiger partial charge in [-0.25, -0.2) is 0 Å². The predicted octanol–water partition coefficient (Wildman–Crippen LogP) is 5.62. The molecule has 0 bridgehead atoms. The van der Waals surface area contributed by atoms with Crippen LogP contribution in [0, 0.1) is 12.8 Å². The number of phenolic OH excluding ortho intramolecular Hbond substituents is 1. The van der Waals surface area contributed by atoms with Crippen molar-refractivity contribution in [2.24, 2.45) is 10.9 Å². The molecular formula is C15H18Cl2F3NOTi. The minimum absolute atomic E-state index is 0.0482. The summed E-state index contributed by atoms with van der Waals surface area (Å²) in [6.07, 6.45) is -1.16. The molecule has 1 fully saturated rings. The zero-order chi connectivity index (χ0) is 17.5. The van der Waals surface area contributed by atoms with Gasteiger partial charge in [-0.05, 0) is 37.8 Å². The number of aryl methyl sites for hydroxylation is 1. The topological polar surface area (TPSA) is 32.6 Å². The number of para-hydroxylation sites is 1. The van der Waals surface area contributed by atoms with Crippen LogP contribution in [0.4, 0.5) is 13.2 Å². The summed E-state index contributed by atoms with van der Waals surface area (Å²) in [6, 6.07) is 4.95. The van der Waals surface area contributed by atoms with E-state index in [-0.39, 0.29) is 24.6 Å². The van der Waals surface area contributed by atoms with Crippen molar-refractivity contribution >= 4 is 24.8 Å². The summed E-state index contributed by atoms with van der Waals surface area (Å²) in [7, 11) is 9.78. The molecule has 0 heterocycles. The maximum atomic E-state index is 12.7. The second kappa shape index (κ2) is 9.92. The summed E-state index contributed by atoms with van der Waals surface area (Å²) in [6.45, 7) is 1.77. The third-order valence-corrected chi connectivity index (χ3v) is 3.80. The molecule has 0 amide bonds. The second-order valence-corrected chi connectivity index (χ2v) is 8.00. The molecule has 1 aromatic rings. The van der Waals surface area contributed by atoms with E-state index in [4.69, 9.17) is 18.6 Å². The Morgan fingerprint density at radius 1 is 1.30 bits per heavy atom. The Kier molecular flexibility index (Phi) is 8.98. The molecule has 0 aliphatic heterocycles. The molecular weight excluding hydrogens is 386 g/mol. The fraction of sp³-hybridized carbons (Fsp3) is 0.533. The van der Waals surface area contributed by atoms with Gasteiger partial charge in [-0.1, -0.05) is 18.6 Å². The van der Waals surface area contributed by atoms with E-state index < -0.39 is 29.1 Å². The standard InChI is InChI=1S/C15H18F3NO.2ClH.Ti/c1-10-4-2-5-11(14(10)20)9-19-13-7-3-6-12(8-13)15(16,17)18;;;/h2,4-5,9,12-13,20H,3,6-8H2,1H3;2*1H;/q;;;+2/p-2. The first kappa shape index (κ1) is 20.8. The average Bonchev–Trinajstić information content (AvgIpc) is 2.49. The van der Waals surface area contributed by atoms with Crippen LogP contribution in [-0.4, -0.2) is 23.5 Å². The van der Waals surface area contributed by atoms with Crippen molar-refractivity contribution in [1.29, 1.82) is 0 Å². The van der Waals surface area contributed by atoms with E-state index in [0.717, 1.165) is 5.56 Å². The van der Waals surface area contributed by atoms with Crippen LogP contribution in [-0.2, 0) is 17.0 Å². The molecule has 2 rings (SSSR count). The van der Waals surface area contributed by atoms with Crippen molar-refractivity contribution in [3.05, 3.63) is 29.3 Å². The summed E-state index contributed by atoms with van der Waals surface area (Å²) in [4.78, 5) is 4.23. The first-order valence-corrected chi connectivity index (χ1v) is 11.4. The number of hydrogen-bond acceptors (Lipinski definition) is 2. The van der Waals surface area contributed by atoms with Gasteiger partial charge in [-0.2, -0.15) is 13.2 Å². The van der Waals surface area contributed by atoms with Crippen molar-refractivity contribution in [2.45, 2.75) is 44.8 Å². The Bertz CT molecular complexity index is 526. The molecule has 2 atom stereocenters. The molecule has 1 aliphatic carbocycles. The molecule has 0 spiro atoms. The monoisotopic (exact) mass is 403 g/mol. The molecule has 0 saturated heterocycles. The number of aromatic hydroxyl groups is 1. The molecule has 0 aromatic heterocycles. The van der Waals surface area contributed by atoms with Crippen LogP contribution in [0.1, 0.15) is 36.8 Å². The SMILES string of the molecule is Cc1cccc(C=NC2CCCC(C(F)(F)F)C2)c1O.[Cl][Ti][Cl]. The summed E-state index contributed by atoms with van der Waals surface area (Å²) in [5.41, 5.74) is 1.28. The van der Waals surface area contributed by atoms with E-state index in [1.165, 1.54) is 6.21 Å².